The maximum Gasteiger partial charge on any atom is 0.408 e. The Balaban J connectivity index is 1.41. The lowest BCUT2D eigenvalue weighted by atomic mass is 10.0. The van der Waals surface area contributed by atoms with Gasteiger partial charge in [-0.25, -0.2) is 9.59 Å². The molecule has 2 amide bonds. The highest BCUT2D eigenvalue weighted by Crippen LogP contribution is 2.19. The Labute approximate surface area is 287 Å². The first-order valence-corrected chi connectivity index (χ1v) is 16.0. The zero-order valence-electron chi connectivity index (χ0n) is 28.6. The lowest BCUT2D eigenvalue weighted by Crippen LogP contribution is -2.53. The van der Waals surface area contributed by atoms with E-state index in [1.807, 2.05) is 91.0 Å². The first-order chi connectivity index (χ1) is 23.5. The molecule has 0 aliphatic heterocycles. The number of hydrogen-bond acceptors (Lipinski definition) is 8. The van der Waals surface area contributed by atoms with Crippen LogP contribution in [0.25, 0.3) is 0 Å². The van der Waals surface area contributed by atoms with Crippen molar-refractivity contribution in [1.29, 1.82) is 0 Å². The molecule has 4 aromatic carbocycles. The topological polar surface area (TPSA) is 121 Å². The number of nitrogens with one attached hydrogen (secondary N) is 2. The molecular weight excluding hydrogens is 624 g/mol. The van der Waals surface area contributed by atoms with Crippen molar-refractivity contribution in [3.63, 3.8) is 0 Å². The average molecular weight is 669 g/mol. The van der Waals surface area contributed by atoms with E-state index in [0.717, 1.165) is 28.0 Å². The van der Waals surface area contributed by atoms with Crippen molar-refractivity contribution in [3.8, 4) is 17.2 Å². The fourth-order valence-electron chi connectivity index (χ4n) is 4.81. The number of amides is 2. The molecule has 2 N–H and O–H groups in total. The quantitative estimate of drug-likeness (QED) is 0.144. The third-order valence-electron chi connectivity index (χ3n) is 7.35. The molecule has 0 saturated heterocycles. The summed E-state index contributed by atoms with van der Waals surface area (Å²) in [5.74, 6) is 0.897. The number of alkyl carbamates (subject to hydrolysis) is 1. The molecule has 4 aromatic rings. The van der Waals surface area contributed by atoms with E-state index in [-0.39, 0.29) is 12.8 Å². The number of esters is 1. The molecule has 10 heteroatoms. The van der Waals surface area contributed by atoms with Gasteiger partial charge >= 0.3 is 12.1 Å². The molecule has 0 spiro atoms. The third kappa shape index (κ3) is 12.2. The zero-order valence-corrected chi connectivity index (χ0v) is 28.6. The molecule has 0 saturated carbocycles. The summed E-state index contributed by atoms with van der Waals surface area (Å²) in [7, 11) is 2.88. The summed E-state index contributed by atoms with van der Waals surface area (Å²) in [4.78, 5) is 39.3. The van der Waals surface area contributed by atoms with E-state index < -0.39 is 35.7 Å². The molecule has 0 unspecified atom stereocenters. The van der Waals surface area contributed by atoms with Gasteiger partial charge in [-0.05, 0) is 79.4 Å². The van der Waals surface area contributed by atoms with Gasteiger partial charge in [-0.2, -0.15) is 0 Å². The van der Waals surface area contributed by atoms with Crippen LogP contribution in [-0.2, 0) is 45.1 Å². The predicted octanol–water partition coefficient (Wildman–Crippen LogP) is 6.19. The van der Waals surface area contributed by atoms with Gasteiger partial charge in [0, 0.05) is 12.8 Å². The van der Waals surface area contributed by atoms with Crippen LogP contribution in [0.4, 0.5) is 4.79 Å². The van der Waals surface area contributed by atoms with Gasteiger partial charge in [0.2, 0.25) is 5.91 Å². The van der Waals surface area contributed by atoms with E-state index in [1.165, 1.54) is 7.11 Å². The molecule has 2 atom stereocenters. The smallest absolute Gasteiger partial charge is 0.408 e. The summed E-state index contributed by atoms with van der Waals surface area (Å²) in [6.07, 6.45) is -0.461. The Hall–Kier alpha value is -5.51. The Kier molecular flexibility index (Phi) is 13.0. The summed E-state index contributed by atoms with van der Waals surface area (Å²) < 4.78 is 27.4. The van der Waals surface area contributed by atoms with Crippen molar-refractivity contribution in [3.05, 3.63) is 125 Å². The van der Waals surface area contributed by atoms with Crippen molar-refractivity contribution in [2.45, 2.75) is 64.5 Å². The second-order valence-electron chi connectivity index (χ2n) is 12.4. The largest absolute Gasteiger partial charge is 0.497 e. The highest BCUT2D eigenvalue weighted by Gasteiger charge is 2.29. The zero-order chi connectivity index (χ0) is 35.2. The molecule has 49 heavy (non-hydrogen) atoms. The number of methoxy groups -OCH3 is 2. The molecule has 258 valence electrons. The lowest BCUT2D eigenvalue weighted by Gasteiger charge is -2.25. The van der Waals surface area contributed by atoms with Crippen LogP contribution in [-0.4, -0.2) is 49.9 Å². The van der Waals surface area contributed by atoms with Gasteiger partial charge < -0.3 is 34.3 Å². The number of carbonyl (C=O) groups is 3. The number of hydrogen-bond donors (Lipinski definition) is 2. The Morgan fingerprint density at radius 1 is 0.592 bits per heavy atom. The average Bonchev–Trinajstić information content (AvgIpc) is 3.10. The lowest BCUT2D eigenvalue weighted by molar-refractivity contribution is -0.145. The van der Waals surface area contributed by atoms with Crippen LogP contribution in [0.2, 0.25) is 0 Å². The summed E-state index contributed by atoms with van der Waals surface area (Å²) in [5.41, 5.74) is 2.79. The van der Waals surface area contributed by atoms with E-state index in [1.54, 1.807) is 40.0 Å². The van der Waals surface area contributed by atoms with Crippen LogP contribution in [0.1, 0.15) is 43.0 Å². The molecular formula is C39H44N2O8. The van der Waals surface area contributed by atoms with E-state index >= 15 is 0 Å². The molecule has 0 radical (unpaired) electrons. The minimum atomic E-state index is -1.05. The second kappa shape index (κ2) is 17.6. The van der Waals surface area contributed by atoms with Gasteiger partial charge in [0.1, 0.15) is 48.1 Å². The van der Waals surface area contributed by atoms with Crippen LogP contribution >= 0.6 is 0 Å². The second-order valence-corrected chi connectivity index (χ2v) is 12.4. The van der Waals surface area contributed by atoms with Gasteiger partial charge in [-0.1, -0.05) is 66.7 Å². The Morgan fingerprint density at radius 3 is 1.55 bits per heavy atom. The van der Waals surface area contributed by atoms with Crippen LogP contribution in [0.5, 0.6) is 17.2 Å². The summed E-state index contributed by atoms with van der Waals surface area (Å²) in [6, 6.07) is 29.9. The standard InChI is InChI=1S/C39H44N2O8/c1-39(2,3)49-38(44)41-34(23-27-11-19-32(20-12-27)47-25-29-9-7-6-8-10-29)36(42)40-35(37(43)46-5)24-28-13-21-33(22-14-28)48-26-30-15-17-31(45-4)18-16-30/h6-22,34-35H,23-26H2,1-5H3,(H,40,42)(H,41,44)/t34-,35-/m0/s1. The number of rotatable bonds is 15. The van der Waals surface area contributed by atoms with E-state index in [0.29, 0.717) is 24.7 Å². The number of benzene rings is 4. The molecule has 0 aromatic heterocycles. The van der Waals surface area contributed by atoms with E-state index in [9.17, 15) is 14.4 Å². The maximum atomic E-state index is 13.7. The van der Waals surface area contributed by atoms with Crippen molar-refractivity contribution < 1.29 is 38.1 Å². The van der Waals surface area contributed by atoms with Gasteiger partial charge in [-0.15, -0.1) is 0 Å². The SMILES string of the molecule is COC(=O)[C@H](Cc1ccc(OCc2ccc(OC)cc2)cc1)NC(=O)[C@H](Cc1ccc(OCc2ccccc2)cc1)NC(=O)OC(C)(C)C. The minimum absolute atomic E-state index is 0.137. The van der Waals surface area contributed by atoms with Crippen molar-refractivity contribution >= 4 is 18.0 Å². The minimum Gasteiger partial charge on any atom is -0.497 e. The van der Waals surface area contributed by atoms with Gasteiger partial charge in [-0.3, -0.25) is 4.79 Å². The fourth-order valence-corrected chi connectivity index (χ4v) is 4.81. The third-order valence-corrected chi connectivity index (χ3v) is 7.35. The Morgan fingerprint density at radius 2 is 1.06 bits per heavy atom. The van der Waals surface area contributed by atoms with Crippen LogP contribution in [0.3, 0.4) is 0 Å². The summed E-state index contributed by atoms with van der Waals surface area (Å²) >= 11 is 0. The van der Waals surface area contributed by atoms with Gasteiger partial charge in [0.25, 0.3) is 0 Å². The van der Waals surface area contributed by atoms with E-state index in [4.69, 9.17) is 23.7 Å². The first kappa shape index (κ1) is 36.3. The number of ether oxygens (including phenoxy) is 5. The van der Waals surface area contributed by atoms with Crippen molar-refractivity contribution in [2.24, 2.45) is 0 Å². The van der Waals surface area contributed by atoms with Gasteiger partial charge in [0.05, 0.1) is 14.2 Å². The van der Waals surface area contributed by atoms with E-state index in [2.05, 4.69) is 10.6 Å². The number of carbonyl (C=O) groups excluding carboxylic acids is 3. The molecule has 4 rings (SSSR count). The maximum absolute atomic E-state index is 13.7. The fraction of sp³-hybridized carbons (Fsp3) is 0.308. The first-order valence-electron chi connectivity index (χ1n) is 16.0. The normalized spacial score (nSPS) is 12.2. The van der Waals surface area contributed by atoms with Crippen LogP contribution in [0, 0.1) is 0 Å². The monoisotopic (exact) mass is 668 g/mol. The van der Waals surface area contributed by atoms with Crippen molar-refractivity contribution in [1.82, 2.24) is 10.6 Å². The molecule has 0 bridgehead atoms. The van der Waals surface area contributed by atoms with Crippen LogP contribution < -0.4 is 24.8 Å². The molecule has 0 aliphatic carbocycles. The van der Waals surface area contributed by atoms with Crippen LogP contribution in [0.15, 0.2) is 103 Å². The molecule has 10 nitrogen and oxygen atoms in total. The molecule has 0 aliphatic rings. The Bertz CT molecular complexity index is 1630. The molecule has 0 heterocycles. The predicted molar refractivity (Wildman–Crippen MR) is 185 cm³/mol. The highest BCUT2D eigenvalue weighted by molar-refractivity contribution is 5.90. The summed E-state index contributed by atoms with van der Waals surface area (Å²) in [5, 5.41) is 5.45. The van der Waals surface area contributed by atoms with Gasteiger partial charge in [0.15, 0.2) is 0 Å². The molecule has 0 fully saturated rings. The highest BCUT2D eigenvalue weighted by atomic mass is 16.6. The van der Waals surface area contributed by atoms with Crippen molar-refractivity contribution in [2.75, 3.05) is 14.2 Å². The summed E-state index contributed by atoms with van der Waals surface area (Å²) in [6.45, 7) is 6.00.